The van der Waals surface area contributed by atoms with Crippen molar-refractivity contribution in [3.63, 3.8) is 0 Å². The van der Waals surface area contributed by atoms with Crippen LogP contribution in [0.4, 0.5) is 5.69 Å². The molecule has 1 N–H and O–H groups in total. The van der Waals surface area contributed by atoms with Crippen molar-refractivity contribution < 1.29 is 9.66 Å². The van der Waals surface area contributed by atoms with Gasteiger partial charge in [0.25, 0.3) is 5.69 Å². The second-order valence-corrected chi connectivity index (χ2v) is 4.22. The number of ether oxygens (including phenoxy) is 1. The van der Waals surface area contributed by atoms with Crippen molar-refractivity contribution in [2.45, 2.75) is 25.0 Å². The van der Waals surface area contributed by atoms with Crippen LogP contribution in [-0.2, 0) is 0 Å². The molecule has 2 unspecified atom stereocenters. The van der Waals surface area contributed by atoms with Gasteiger partial charge in [-0.05, 0) is 25.5 Å². The van der Waals surface area contributed by atoms with Gasteiger partial charge in [0.05, 0.1) is 4.92 Å². The van der Waals surface area contributed by atoms with Gasteiger partial charge in [0.2, 0.25) is 0 Å². The van der Waals surface area contributed by atoms with E-state index in [2.05, 4.69) is 5.32 Å². The smallest absolute Gasteiger partial charge is 0.269 e. The lowest BCUT2D eigenvalue weighted by atomic mass is 9.91. The van der Waals surface area contributed by atoms with Crippen molar-refractivity contribution in [3.05, 3.63) is 33.9 Å². The van der Waals surface area contributed by atoms with Gasteiger partial charge >= 0.3 is 0 Å². The molecule has 84 valence electrons. The summed E-state index contributed by atoms with van der Waals surface area (Å²) in [5, 5.41) is 14.0. The molecule has 0 spiro atoms. The van der Waals surface area contributed by atoms with Gasteiger partial charge in [0.1, 0.15) is 5.75 Å². The highest BCUT2D eigenvalue weighted by atomic mass is 16.6. The Morgan fingerprint density at radius 1 is 1.50 bits per heavy atom. The van der Waals surface area contributed by atoms with E-state index in [4.69, 9.17) is 4.74 Å². The SMILES string of the molecule is O=[N+]([O-])c1ccc2c(c1)C1CCCNC1O2. The topological polar surface area (TPSA) is 64.4 Å². The molecule has 3 rings (SSSR count). The molecule has 5 nitrogen and oxygen atoms in total. The zero-order valence-corrected chi connectivity index (χ0v) is 8.68. The number of nitro benzene ring substituents is 1. The van der Waals surface area contributed by atoms with E-state index in [9.17, 15) is 10.1 Å². The molecule has 0 aromatic heterocycles. The van der Waals surface area contributed by atoms with Crippen LogP contribution in [0.2, 0.25) is 0 Å². The molecule has 2 aliphatic heterocycles. The van der Waals surface area contributed by atoms with Gasteiger partial charge in [-0.2, -0.15) is 0 Å². The van der Waals surface area contributed by atoms with Gasteiger partial charge in [-0.15, -0.1) is 0 Å². The van der Waals surface area contributed by atoms with Crippen molar-refractivity contribution >= 4 is 5.69 Å². The second-order valence-electron chi connectivity index (χ2n) is 4.22. The van der Waals surface area contributed by atoms with E-state index in [1.54, 1.807) is 12.1 Å². The molecular weight excluding hydrogens is 208 g/mol. The van der Waals surface area contributed by atoms with Gasteiger partial charge in [0, 0.05) is 23.6 Å². The maximum atomic E-state index is 10.7. The molecular formula is C11H12N2O3. The van der Waals surface area contributed by atoms with Crippen LogP contribution in [0.3, 0.4) is 0 Å². The molecule has 1 saturated heterocycles. The summed E-state index contributed by atoms with van der Waals surface area (Å²) < 4.78 is 5.71. The van der Waals surface area contributed by atoms with Crippen LogP contribution < -0.4 is 10.1 Å². The summed E-state index contributed by atoms with van der Waals surface area (Å²) in [5.74, 6) is 1.05. The molecule has 1 fully saturated rings. The number of rotatable bonds is 1. The first-order valence-electron chi connectivity index (χ1n) is 5.44. The zero-order valence-electron chi connectivity index (χ0n) is 8.68. The Hall–Kier alpha value is -1.62. The van der Waals surface area contributed by atoms with Crippen LogP contribution in [0.15, 0.2) is 18.2 Å². The summed E-state index contributed by atoms with van der Waals surface area (Å²) in [5.41, 5.74) is 1.12. The van der Waals surface area contributed by atoms with Gasteiger partial charge < -0.3 is 4.74 Å². The highest BCUT2D eigenvalue weighted by molar-refractivity contribution is 5.48. The Balaban J connectivity index is 2.00. The van der Waals surface area contributed by atoms with Gasteiger partial charge in [0.15, 0.2) is 6.23 Å². The first-order chi connectivity index (χ1) is 7.75. The lowest BCUT2D eigenvalue weighted by Crippen LogP contribution is -2.40. The Bertz CT molecular complexity index is 447. The van der Waals surface area contributed by atoms with Crippen LogP contribution in [0.1, 0.15) is 24.3 Å². The number of hydrogen-bond donors (Lipinski definition) is 1. The van der Waals surface area contributed by atoms with Crippen molar-refractivity contribution in [1.82, 2.24) is 5.32 Å². The normalized spacial score (nSPS) is 26.8. The van der Waals surface area contributed by atoms with E-state index < -0.39 is 0 Å². The molecule has 0 saturated carbocycles. The number of fused-ring (bicyclic) bond motifs is 3. The van der Waals surface area contributed by atoms with E-state index in [-0.39, 0.29) is 22.8 Å². The molecule has 1 aromatic rings. The Morgan fingerprint density at radius 2 is 2.38 bits per heavy atom. The fraction of sp³-hybridized carbons (Fsp3) is 0.455. The highest BCUT2D eigenvalue weighted by Crippen LogP contribution is 2.42. The minimum Gasteiger partial charge on any atom is -0.474 e. The lowest BCUT2D eigenvalue weighted by Gasteiger charge is -2.25. The molecule has 2 atom stereocenters. The van der Waals surface area contributed by atoms with Gasteiger partial charge in [-0.25, -0.2) is 0 Å². The average Bonchev–Trinajstić information content (AvgIpc) is 2.66. The number of benzene rings is 1. The molecule has 0 bridgehead atoms. The summed E-state index contributed by atoms with van der Waals surface area (Å²) in [6.45, 7) is 0.956. The minimum atomic E-state index is -0.357. The van der Waals surface area contributed by atoms with E-state index in [0.29, 0.717) is 0 Å². The Kier molecular flexibility index (Phi) is 2.07. The lowest BCUT2D eigenvalue weighted by molar-refractivity contribution is -0.384. The van der Waals surface area contributed by atoms with Crippen LogP contribution in [0.5, 0.6) is 5.75 Å². The Labute approximate surface area is 92.6 Å². The van der Waals surface area contributed by atoms with E-state index in [1.165, 1.54) is 6.07 Å². The predicted octanol–water partition coefficient (Wildman–Crippen LogP) is 1.78. The first kappa shape index (κ1) is 9.59. The third kappa shape index (κ3) is 1.36. The monoisotopic (exact) mass is 220 g/mol. The minimum absolute atomic E-state index is 0.00533. The number of piperidine rings is 1. The quantitative estimate of drug-likeness (QED) is 0.578. The van der Waals surface area contributed by atoms with Crippen LogP contribution in [-0.4, -0.2) is 17.7 Å². The van der Waals surface area contributed by atoms with E-state index >= 15 is 0 Å². The largest absolute Gasteiger partial charge is 0.474 e. The van der Waals surface area contributed by atoms with Crippen LogP contribution in [0, 0.1) is 10.1 Å². The maximum absolute atomic E-state index is 10.7. The van der Waals surface area contributed by atoms with Crippen molar-refractivity contribution in [2.24, 2.45) is 0 Å². The zero-order chi connectivity index (χ0) is 11.1. The summed E-state index contributed by atoms with van der Waals surface area (Å²) in [6, 6.07) is 4.84. The van der Waals surface area contributed by atoms with Crippen molar-refractivity contribution in [1.29, 1.82) is 0 Å². The number of hydrogen-bond acceptors (Lipinski definition) is 4. The fourth-order valence-electron chi connectivity index (χ4n) is 2.49. The summed E-state index contributed by atoms with van der Waals surface area (Å²) in [7, 11) is 0. The molecule has 2 aliphatic rings. The number of nitrogens with zero attached hydrogens (tertiary/aromatic N) is 1. The highest BCUT2D eigenvalue weighted by Gasteiger charge is 2.36. The van der Waals surface area contributed by atoms with Crippen molar-refractivity contribution in [3.8, 4) is 5.75 Å². The van der Waals surface area contributed by atoms with Crippen molar-refractivity contribution in [2.75, 3.05) is 6.54 Å². The number of nitrogens with one attached hydrogen (secondary N) is 1. The summed E-state index contributed by atoms with van der Waals surface area (Å²) in [4.78, 5) is 10.4. The van der Waals surface area contributed by atoms with Gasteiger partial charge in [-0.1, -0.05) is 0 Å². The van der Waals surface area contributed by atoms with E-state index in [1.807, 2.05) is 0 Å². The third-order valence-corrected chi connectivity index (χ3v) is 3.26. The van der Waals surface area contributed by atoms with Crippen LogP contribution >= 0.6 is 0 Å². The molecule has 5 heteroatoms. The fourth-order valence-corrected chi connectivity index (χ4v) is 2.49. The molecule has 0 radical (unpaired) electrons. The standard InChI is InChI=1S/C11H12N2O3/c14-13(15)7-3-4-10-9(6-7)8-2-1-5-12-11(8)16-10/h3-4,6,8,11-12H,1-2,5H2. The van der Waals surface area contributed by atoms with Gasteiger partial charge in [-0.3, -0.25) is 15.4 Å². The number of non-ortho nitro benzene ring substituents is 1. The Morgan fingerprint density at radius 3 is 3.19 bits per heavy atom. The third-order valence-electron chi connectivity index (χ3n) is 3.26. The maximum Gasteiger partial charge on any atom is 0.269 e. The summed E-state index contributed by atoms with van der Waals surface area (Å²) >= 11 is 0. The number of nitro groups is 1. The van der Waals surface area contributed by atoms with Crippen LogP contribution in [0.25, 0.3) is 0 Å². The predicted molar refractivity (Wildman–Crippen MR) is 57.5 cm³/mol. The molecule has 0 aliphatic carbocycles. The van der Waals surface area contributed by atoms with E-state index in [0.717, 1.165) is 30.7 Å². The molecule has 2 heterocycles. The molecule has 0 amide bonds. The molecule has 16 heavy (non-hydrogen) atoms. The summed E-state index contributed by atoms with van der Waals surface area (Å²) in [6.07, 6.45) is 2.13. The molecule has 1 aromatic carbocycles. The second kappa shape index (κ2) is 3.45. The average molecular weight is 220 g/mol. The first-order valence-corrected chi connectivity index (χ1v) is 5.44.